The summed E-state index contributed by atoms with van der Waals surface area (Å²) in [5.74, 6) is 1.34. The summed E-state index contributed by atoms with van der Waals surface area (Å²) in [6.07, 6.45) is 12.5. The summed E-state index contributed by atoms with van der Waals surface area (Å²) < 4.78 is 0. The van der Waals surface area contributed by atoms with Gasteiger partial charge in [0.2, 0.25) is 5.91 Å². The highest BCUT2D eigenvalue weighted by atomic mass is 16.2. The van der Waals surface area contributed by atoms with Crippen molar-refractivity contribution >= 4 is 5.91 Å². The van der Waals surface area contributed by atoms with Gasteiger partial charge in [-0.1, -0.05) is 6.92 Å². The highest BCUT2D eigenvalue weighted by Crippen LogP contribution is 2.37. The van der Waals surface area contributed by atoms with Crippen LogP contribution < -0.4 is 0 Å². The summed E-state index contributed by atoms with van der Waals surface area (Å²) in [5, 5.41) is 0. The second-order valence-corrected chi connectivity index (χ2v) is 9.52. The SMILES string of the molecule is CCCc1ncc(-c2ccncc2)c([C@@H]2CCCCN2C(=O)C2CCN(C(C)C)CC2)n1. The van der Waals surface area contributed by atoms with Crippen LogP contribution >= 0.6 is 0 Å². The molecule has 0 aliphatic carbocycles. The maximum absolute atomic E-state index is 13.7. The zero-order valence-electron chi connectivity index (χ0n) is 19.8. The largest absolute Gasteiger partial charge is 0.334 e. The molecule has 2 fully saturated rings. The molecule has 0 radical (unpaired) electrons. The molecule has 0 N–H and O–H groups in total. The van der Waals surface area contributed by atoms with Gasteiger partial charge >= 0.3 is 0 Å². The van der Waals surface area contributed by atoms with Crippen LogP contribution in [0.25, 0.3) is 11.1 Å². The molecule has 6 heteroatoms. The zero-order chi connectivity index (χ0) is 22.5. The van der Waals surface area contributed by atoms with Crippen LogP contribution in [0.3, 0.4) is 0 Å². The molecule has 0 bridgehead atoms. The maximum atomic E-state index is 13.7. The quantitative estimate of drug-likeness (QED) is 0.660. The van der Waals surface area contributed by atoms with E-state index in [1.807, 2.05) is 30.7 Å². The van der Waals surface area contributed by atoms with E-state index in [9.17, 15) is 4.79 Å². The fraction of sp³-hybridized carbons (Fsp3) is 0.615. The van der Waals surface area contributed by atoms with E-state index in [-0.39, 0.29) is 12.0 Å². The predicted octanol–water partition coefficient (Wildman–Crippen LogP) is 4.67. The standard InChI is InChI=1S/C26H37N5O/c1-4-7-24-28-18-22(20-9-13-27-14-10-20)25(29-24)23-8-5-6-15-31(23)26(32)21-11-16-30(17-12-21)19(2)3/h9-10,13-14,18-19,21,23H,4-8,11-12,15-17H2,1-3H3/t23-/m0/s1. The lowest BCUT2D eigenvalue weighted by atomic mass is 9.89. The maximum Gasteiger partial charge on any atom is 0.226 e. The second kappa shape index (κ2) is 10.5. The lowest BCUT2D eigenvalue weighted by molar-refractivity contribution is -0.141. The number of rotatable bonds is 6. The second-order valence-electron chi connectivity index (χ2n) is 9.52. The first-order chi connectivity index (χ1) is 15.6. The van der Waals surface area contributed by atoms with Crippen molar-refractivity contribution in [2.75, 3.05) is 19.6 Å². The van der Waals surface area contributed by atoms with Crippen molar-refractivity contribution in [3.8, 4) is 11.1 Å². The number of aryl methyl sites for hydroxylation is 1. The molecule has 2 aromatic rings. The van der Waals surface area contributed by atoms with Crippen molar-refractivity contribution in [3.63, 3.8) is 0 Å². The number of nitrogens with zero attached hydrogens (tertiary/aromatic N) is 5. The van der Waals surface area contributed by atoms with Gasteiger partial charge in [0.25, 0.3) is 0 Å². The summed E-state index contributed by atoms with van der Waals surface area (Å²) in [4.78, 5) is 32.2. The summed E-state index contributed by atoms with van der Waals surface area (Å²) >= 11 is 0. The normalized spacial score (nSPS) is 20.6. The molecule has 0 spiro atoms. The predicted molar refractivity (Wildman–Crippen MR) is 127 cm³/mol. The number of aromatic nitrogens is 3. The Bertz CT molecular complexity index is 892. The number of carbonyl (C=O) groups excluding carboxylic acids is 1. The molecule has 2 saturated heterocycles. The average molecular weight is 436 g/mol. The molecule has 1 amide bonds. The minimum atomic E-state index is 0.0288. The molecule has 2 aliphatic heterocycles. The van der Waals surface area contributed by atoms with Crippen molar-refractivity contribution in [2.45, 2.75) is 77.8 Å². The molecule has 2 aliphatic rings. The van der Waals surface area contributed by atoms with E-state index in [0.717, 1.165) is 87.2 Å². The Morgan fingerprint density at radius 2 is 1.84 bits per heavy atom. The van der Waals surface area contributed by atoms with Crippen LogP contribution in [0.2, 0.25) is 0 Å². The third-order valence-corrected chi connectivity index (χ3v) is 7.04. The Balaban J connectivity index is 1.63. The fourth-order valence-electron chi connectivity index (χ4n) is 5.16. The lowest BCUT2D eigenvalue weighted by Crippen LogP contribution is -2.47. The number of piperidine rings is 2. The Hall–Kier alpha value is -2.34. The Kier molecular flexibility index (Phi) is 7.51. The highest BCUT2D eigenvalue weighted by molar-refractivity contribution is 5.80. The van der Waals surface area contributed by atoms with Crippen LogP contribution in [0, 0.1) is 5.92 Å². The van der Waals surface area contributed by atoms with Gasteiger partial charge in [0.05, 0.1) is 11.7 Å². The van der Waals surface area contributed by atoms with Crippen molar-refractivity contribution in [2.24, 2.45) is 5.92 Å². The van der Waals surface area contributed by atoms with E-state index >= 15 is 0 Å². The van der Waals surface area contributed by atoms with Crippen LogP contribution in [0.15, 0.2) is 30.7 Å². The highest BCUT2D eigenvalue weighted by Gasteiger charge is 2.36. The van der Waals surface area contributed by atoms with E-state index in [4.69, 9.17) is 4.98 Å². The first-order valence-corrected chi connectivity index (χ1v) is 12.4. The molecule has 6 nitrogen and oxygen atoms in total. The number of carbonyl (C=O) groups is 1. The van der Waals surface area contributed by atoms with E-state index < -0.39 is 0 Å². The number of amides is 1. The molecule has 4 heterocycles. The van der Waals surface area contributed by atoms with Crippen LogP contribution in [0.1, 0.15) is 76.9 Å². The number of hydrogen-bond donors (Lipinski definition) is 0. The van der Waals surface area contributed by atoms with Crippen molar-refractivity contribution in [1.82, 2.24) is 24.8 Å². The van der Waals surface area contributed by atoms with Gasteiger partial charge in [-0.15, -0.1) is 0 Å². The average Bonchev–Trinajstić information content (AvgIpc) is 2.84. The first-order valence-electron chi connectivity index (χ1n) is 12.4. The van der Waals surface area contributed by atoms with Crippen molar-refractivity contribution in [1.29, 1.82) is 0 Å². The number of pyridine rings is 1. The molecular weight excluding hydrogens is 398 g/mol. The van der Waals surface area contributed by atoms with Crippen molar-refractivity contribution in [3.05, 3.63) is 42.2 Å². The molecule has 4 rings (SSSR count). The van der Waals surface area contributed by atoms with E-state index in [1.165, 1.54) is 0 Å². The third-order valence-electron chi connectivity index (χ3n) is 7.04. The van der Waals surface area contributed by atoms with Gasteiger partial charge in [0.1, 0.15) is 5.82 Å². The summed E-state index contributed by atoms with van der Waals surface area (Å²) in [7, 11) is 0. The molecular formula is C26H37N5O. The van der Waals surface area contributed by atoms with Gasteiger partial charge in [-0.25, -0.2) is 9.97 Å². The molecule has 0 aromatic carbocycles. The molecule has 2 aromatic heterocycles. The van der Waals surface area contributed by atoms with Gasteiger partial charge in [0, 0.05) is 49.1 Å². The third kappa shape index (κ3) is 5.01. The number of hydrogen-bond acceptors (Lipinski definition) is 5. The van der Waals surface area contributed by atoms with E-state index in [1.54, 1.807) is 0 Å². The van der Waals surface area contributed by atoms with Crippen LogP contribution in [-0.2, 0) is 11.2 Å². The molecule has 32 heavy (non-hydrogen) atoms. The van der Waals surface area contributed by atoms with E-state index in [2.05, 4.69) is 40.5 Å². The van der Waals surface area contributed by atoms with Gasteiger partial charge in [0.15, 0.2) is 0 Å². The summed E-state index contributed by atoms with van der Waals surface area (Å²) in [6.45, 7) is 9.50. The van der Waals surface area contributed by atoms with Crippen LogP contribution in [-0.4, -0.2) is 56.3 Å². The minimum absolute atomic E-state index is 0.0288. The van der Waals surface area contributed by atoms with Gasteiger partial charge in [-0.3, -0.25) is 9.78 Å². The summed E-state index contributed by atoms with van der Waals surface area (Å²) in [6, 6.07) is 4.60. The smallest absolute Gasteiger partial charge is 0.226 e. The first kappa shape index (κ1) is 22.8. The lowest BCUT2D eigenvalue weighted by Gasteiger charge is -2.41. The van der Waals surface area contributed by atoms with Crippen LogP contribution in [0.5, 0.6) is 0 Å². The van der Waals surface area contributed by atoms with Crippen molar-refractivity contribution < 1.29 is 4.79 Å². The summed E-state index contributed by atoms with van der Waals surface area (Å²) in [5.41, 5.74) is 3.12. The molecule has 0 saturated carbocycles. The zero-order valence-corrected chi connectivity index (χ0v) is 19.8. The fourth-order valence-corrected chi connectivity index (χ4v) is 5.16. The van der Waals surface area contributed by atoms with Gasteiger partial charge in [-0.2, -0.15) is 0 Å². The Morgan fingerprint density at radius 3 is 2.53 bits per heavy atom. The Morgan fingerprint density at radius 1 is 1.09 bits per heavy atom. The topological polar surface area (TPSA) is 62.2 Å². The van der Waals surface area contributed by atoms with E-state index in [0.29, 0.717) is 11.9 Å². The molecule has 1 atom stereocenters. The monoisotopic (exact) mass is 435 g/mol. The molecule has 0 unspecified atom stereocenters. The number of likely N-dealkylation sites (tertiary alicyclic amines) is 2. The molecule has 172 valence electrons. The van der Waals surface area contributed by atoms with Gasteiger partial charge < -0.3 is 9.80 Å². The minimum Gasteiger partial charge on any atom is -0.334 e. The van der Waals surface area contributed by atoms with Gasteiger partial charge in [-0.05, 0) is 83.2 Å². The van der Waals surface area contributed by atoms with Crippen LogP contribution in [0.4, 0.5) is 0 Å². The Labute approximate surface area is 192 Å².